The van der Waals surface area contributed by atoms with Gasteiger partial charge in [0.1, 0.15) is 0 Å². The summed E-state index contributed by atoms with van der Waals surface area (Å²) in [6.45, 7) is 0. The van der Waals surface area contributed by atoms with E-state index in [0.717, 1.165) is 25.7 Å². The van der Waals surface area contributed by atoms with Crippen LogP contribution in [0.4, 0.5) is 0 Å². The minimum atomic E-state index is -0.408. The first-order valence-corrected chi connectivity index (χ1v) is 5.45. The second kappa shape index (κ2) is 3.45. The average Bonchev–Trinajstić information content (AvgIpc) is 2.98. The van der Waals surface area contributed by atoms with E-state index in [-0.39, 0.29) is 0 Å². The molecule has 1 fully saturated rings. The van der Waals surface area contributed by atoms with Crippen LogP contribution in [0.2, 0.25) is 0 Å². The van der Waals surface area contributed by atoms with Gasteiger partial charge in [-0.15, -0.1) is 0 Å². The Labute approximate surface area is 92.6 Å². The number of hydrogen-bond donors (Lipinski definition) is 1. The average molecular weight is 219 g/mol. The van der Waals surface area contributed by atoms with Gasteiger partial charge in [0.15, 0.2) is 11.6 Å². The highest BCUT2D eigenvalue weighted by molar-refractivity contribution is 5.43. The standard InChI is InChI=1S/C11H13N3O2/c12-11(5-1-2-6-11)10-13-9(16-14-10)8-4-3-7-15-8/h3-4,7H,1-2,5-6,12H2. The first-order valence-electron chi connectivity index (χ1n) is 5.45. The monoisotopic (exact) mass is 219 g/mol. The molecule has 1 aliphatic carbocycles. The Morgan fingerprint density at radius 3 is 2.81 bits per heavy atom. The molecule has 5 heteroatoms. The molecular formula is C11H13N3O2. The smallest absolute Gasteiger partial charge is 0.293 e. The van der Waals surface area contributed by atoms with Crippen molar-refractivity contribution >= 4 is 0 Å². The number of furan rings is 1. The van der Waals surface area contributed by atoms with Crippen molar-refractivity contribution in [3.63, 3.8) is 0 Å². The van der Waals surface area contributed by atoms with E-state index in [1.54, 1.807) is 18.4 Å². The van der Waals surface area contributed by atoms with Crippen LogP contribution in [-0.4, -0.2) is 10.1 Å². The third-order valence-electron chi connectivity index (χ3n) is 3.10. The van der Waals surface area contributed by atoms with Crippen LogP contribution in [0.3, 0.4) is 0 Å². The molecule has 0 radical (unpaired) electrons. The Balaban J connectivity index is 1.93. The van der Waals surface area contributed by atoms with Gasteiger partial charge in [-0.2, -0.15) is 4.98 Å². The van der Waals surface area contributed by atoms with Crippen molar-refractivity contribution < 1.29 is 8.94 Å². The summed E-state index contributed by atoms with van der Waals surface area (Å²) in [7, 11) is 0. The van der Waals surface area contributed by atoms with Gasteiger partial charge >= 0.3 is 0 Å². The van der Waals surface area contributed by atoms with Crippen LogP contribution in [0.1, 0.15) is 31.5 Å². The molecule has 3 rings (SSSR count). The maximum absolute atomic E-state index is 6.23. The zero-order valence-corrected chi connectivity index (χ0v) is 8.85. The topological polar surface area (TPSA) is 78.1 Å². The fraction of sp³-hybridized carbons (Fsp3) is 0.455. The van der Waals surface area contributed by atoms with Crippen LogP contribution in [-0.2, 0) is 5.54 Å². The highest BCUT2D eigenvalue weighted by Crippen LogP contribution is 2.35. The molecule has 0 bridgehead atoms. The highest BCUT2D eigenvalue weighted by atomic mass is 16.5. The Morgan fingerprint density at radius 2 is 2.12 bits per heavy atom. The molecule has 2 heterocycles. The largest absolute Gasteiger partial charge is 0.459 e. The van der Waals surface area contributed by atoms with E-state index in [9.17, 15) is 0 Å². The molecule has 84 valence electrons. The van der Waals surface area contributed by atoms with Gasteiger partial charge in [-0.25, -0.2) is 0 Å². The molecule has 5 nitrogen and oxygen atoms in total. The Hall–Kier alpha value is -1.62. The quantitative estimate of drug-likeness (QED) is 0.836. The zero-order chi connectivity index (χ0) is 11.0. The van der Waals surface area contributed by atoms with Crippen molar-refractivity contribution in [2.75, 3.05) is 0 Å². The lowest BCUT2D eigenvalue weighted by atomic mass is 9.99. The summed E-state index contributed by atoms with van der Waals surface area (Å²) in [6, 6.07) is 3.57. The van der Waals surface area contributed by atoms with E-state index in [1.807, 2.05) is 0 Å². The molecule has 1 aliphatic rings. The predicted octanol–water partition coefficient (Wildman–Crippen LogP) is 2.06. The van der Waals surface area contributed by atoms with Gasteiger partial charge in [0, 0.05) is 0 Å². The first-order chi connectivity index (χ1) is 7.78. The van der Waals surface area contributed by atoms with Gasteiger partial charge in [-0.05, 0) is 25.0 Å². The van der Waals surface area contributed by atoms with Gasteiger partial charge < -0.3 is 14.7 Å². The number of nitrogens with two attached hydrogens (primary N) is 1. The molecular weight excluding hydrogens is 206 g/mol. The molecule has 0 unspecified atom stereocenters. The SMILES string of the molecule is NC1(c2noc(-c3ccco3)n2)CCCC1. The molecule has 0 atom stereocenters. The Kier molecular flexibility index (Phi) is 2.07. The van der Waals surface area contributed by atoms with Crippen LogP contribution >= 0.6 is 0 Å². The minimum Gasteiger partial charge on any atom is -0.459 e. The van der Waals surface area contributed by atoms with Crippen molar-refractivity contribution in [1.82, 2.24) is 10.1 Å². The summed E-state index contributed by atoms with van der Waals surface area (Å²) in [4.78, 5) is 4.31. The van der Waals surface area contributed by atoms with Crippen molar-refractivity contribution in [2.45, 2.75) is 31.2 Å². The summed E-state index contributed by atoms with van der Waals surface area (Å²) in [5.74, 6) is 1.58. The lowest BCUT2D eigenvalue weighted by molar-refractivity contribution is 0.368. The van der Waals surface area contributed by atoms with E-state index >= 15 is 0 Å². The third kappa shape index (κ3) is 1.44. The van der Waals surface area contributed by atoms with Gasteiger partial charge in [0.05, 0.1) is 11.8 Å². The van der Waals surface area contributed by atoms with Gasteiger partial charge in [0.25, 0.3) is 5.89 Å². The molecule has 1 saturated carbocycles. The van der Waals surface area contributed by atoms with Crippen molar-refractivity contribution in [3.05, 3.63) is 24.2 Å². The van der Waals surface area contributed by atoms with Crippen LogP contribution in [0, 0.1) is 0 Å². The van der Waals surface area contributed by atoms with Crippen LogP contribution in [0.5, 0.6) is 0 Å². The molecule has 0 spiro atoms. The minimum absolute atomic E-state index is 0.400. The molecule has 0 aliphatic heterocycles. The maximum Gasteiger partial charge on any atom is 0.293 e. The molecule has 2 aromatic rings. The summed E-state index contributed by atoms with van der Waals surface area (Å²) in [5.41, 5.74) is 5.82. The van der Waals surface area contributed by atoms with Crippen LogP contribution in [0.15, 0.2) is 27.3 Å². The van der Waals surface area contributed by atoms with Crippen molar-refractivity contribution in [2.24, 2.45) is 5.73 Å². The van der Waals surface area contributed by atoms with Gasteiger partial charge in [0.2, 0.25) is 0 Å². The highest BCUT2D eigenvalue weighted by Gasteiger charge is 2.36. The third-order valence-corrected chi connectivity index (χ3v) is 3.10. The number of hydrogen-bond acceptors (Lipinski definition) is 5. The molecule has 2 N–H and O–H groups in total. The Morgan fingerprint density at radius 1 is 1.31 bits per heavy atom. The van der Waals surface area contributed by atoms with Crippen LogP contribution < -0.4 is 5.73 Å². The summed E-state index contributed by atoms with van der Waals surface area (Å²) < 4.78 is 10.3. The predicted molar refractivity (Wildman–Crippen MR) is 56.3 cm³/mol. The van der Waals surface area contributed by atoms with Crippen molar-refractivity contribution in [3.8, 4) is 11.7 Å². The van der Waals surface area contributed by atoms with Gasteiger partial charge in [-0.1, -0.05) is 18.0 Å². The van der Waals surface area contributed by atoms with E-state index < -0.39 is 5.54 Å². The van der Waals surface area contributed by atoms with Gasteiger partial charge in [-0.3, -0.25) is 0 Å². The lowest BCUT2D eigenvalue weighted by Crippen LogP contribution is -2.34. The normalized spacial score (nSPS) is 19.1. The fourth-order valence-electron chi connectivity index (χ4n) is 2.16. The molecule has 16 heavy (non-hydrogen) atoms. The Bertz CT molecular complexity index is 469. The van der Waals surface area contributed by atoms with Crippen LogP contribution in [0.25, 0.3) is 11.7 Å². The second-order valence-electron chi connectivity index (χ2n) is 4.26. The summed E-state index contributed by atoms with van der Waals surface area (Å²) in [5, 5.41) is 3.95. The number of rotatable bonds is 2. The lowest BCUT2D eigenvalue weighted by Gasteiger charge is -2.17. The number of aromatic nitrogens is 2. The molecule has 0 saturated heterocycles. The molecule has 0 amide bonds. The van der Waals surface area contributed by atoms with Crippen molar-refractivity contribution in [1.29, 1.82) is 0 Å². The maximum atomic E-state index is 6.23. The first kappa shape index (κ1) is 9.59. The van der Waals surface area contributed by atoms with E-state index in [2.05, 4.69) is 10.1 Å². The van der Waals surface area contributed by atoms with E-state index in [0.29, 0.717) is 17.5 Å². The second-order valence-corrected chi connectivity index (χ2v) is 4.26. The fourth-order valence-corrected chi connectivity index (χ4v) is 2.16. The summed E-state index contributed by atoms with van der Waals surface area (Å²) >= 11 is 0. The number of nitrogens with zero attached hydrogens (tertiary/aromatic N) is 2. The zero-order valence-electron chi connectivity index (χ0n) is 8.85. The summed E-state index contributed by atoms with van der Waals surface area (Å²) in [6.07, 6.45) is 5.67. The van der Waals surface area contributed by atoms with E-state index in [1.165, 1.54) is 0 Å². The molecule has 0 aromatic carbocycles. The van der Waals surface area contributed by atoms with E-state index in [4.69, 9.17) is 14.7 Å². The molecule has 2 aromatic heterocycles.